The van der Waals surface area contributed by atoms with Gasteiger partial charge in [0.05, 0.1) is 66.4 Å². The van der Waals surface area contributed by atoms with Crippen LogP contribution < -0.4 is 0 Å². The van der Waals surface area contributed by atoms with Gasteiger partial charge in [-0.15, -0.1) is 0 Å². The summed E-state index contributed by atoms with van der Waals surface area (Å²) in [7, 11) is 0. The maximum absolute atomic E-state index is 5.68. The van der Waals surface area contributed by atoms with E-state index in [-0.39, 0.29) is 0 Å². The summed E-state index contributed by atoms with van der Waals surface area (Å²) < 4.78 is 11.9. The molecule has 91 heavy (non-hydrogen) atoms. The lowest BCUT2D eigenvalue weighted by molar-refractivity contribution is 1.02. The first-order valence-electron chi connectivity index (χ1n) is 31.1. The molecule has 20 rings (SSSR count). The zero-order chi connectivity index (χ0) is 59.4. The number of fused-ring (bicyclic) bond motifs is 18. The molecule has 0 bridgehead atoms. The molecule has 0 N–H and O–H groups in total. The number of aromatic nitrogens is 7. The highest BCUT2D eigenvalue weighted by molar-refractivity contribution is 6.17. The SMILES string of the molecule is c1ccc(-n2c3ccccc3c3cc(-c4ccc5c(c4)c4ccccc4n5-c4nc(-c5ccc(-n6c7ccc(-n8c9ccccc9c9ccccc98)cc7c7cc(-n8c9ccccc9c9ccccc98)ccc76)cc5)c5ccc6ccccc6c5n4)ccc32)cc1. The zero-order valence-corrected chi connectivity index (χ0v) is 49.1. The van der Waals surface area contributed by atoms with Crippen LogP contribution in [0.3, 0.4) is 0 Å². The van der Waals surface area contributed by atoms with E-state index in [9.17, 15) is 0 Å². The first kappa shape index (κ1) is 49.8. The number of rotatable bonds is 7. The number of nitrogens with zero attached hydrogens (tertiary/aromatic N) is 7. The van der Waals surface area contributed by atoms with E-state index in [1.807, 2.05) is 0 Å². The lowest BCUT2D eigenvalue weighted by atomic mass is 10.0. The minimum Gasteiger partial charge on any atom is -0.309 e. The Bertz CT molecular complexity index is 6170. The molecule has 0 aliphatic carbocycles. The molecular weight excluding hydrogens is 1110 g/mol. The van der Waals surface area contributed by atoms with Gasteiger partial charge in [-0.1, -0.05) is 182 Å². The van der Waals surface area contributed by atoms with Crippen molar-refractivity contribution in [2.45, 2.75) is 0 Å². The first-order chi connectivity index (χ1) is 45.1. The van der Waals surface area contributed by atoms with Crippen molar-refractivity contribution in [1.82, 2.24) is 32.8 Å². The summed E-state index contributed by atoms with van der Waals surface area (Å²) in [5.41, 5.74) is 21.0. The Labute approximate surface area is 521 Å². The maximum atomic E-state index is 5.68. The fourth-order valence-corrected chi connectivity index (χ4v) is 15.3. The van der Waals surface area contributed by atoms with E-state index in [1.54, 1.807) is 0 Å². The normalized spacial score (nSPS) is 12.2. The van der Waals surface area contributed by atoms with Crippen LogP contribution in [0.25, 0.3) is 182 Å². The molecule has 0 saturated heterocycles. The van der Waals surface area contributed by atoms with E-state index in [0.717, 1.165) is 99.6 Å². The molecule has 0 spiro atoms. The van der Waals surface area contributed by atoms with E-state index in [0.29, 0.717) is 5.95 Å². The molecule has 0 saturated carbocycles. The van der Waals surface area contributed by atoms with E-state index in [4.69, 9.17) is 9.97 Å². The van der Waals surface area contributed by atoms with E-state index >= 15 is 0 Å². The van der Waals surface area contributed by atoms with Crippen LogP contribution in [-0.2, 0) is 0 Å². The van der Waals surface area contributed by atoms with Crippen molar-refractivity contribution in [2.24, 2.45) is 0 Å². The predicted molar refractivity (Wildman–Crippen MR) is 380 cm³/mol. The maximum Gasteiger partial charge on any atom is 0.235 e. The smallest absolute Gasteiger partial charge is 0.235 e. The van der Waals surface area contributed by atoms with Gasteiger partial charge < -0.3 is 18.3 Å². The number of para-hydroxylation sites is 7. The molecule has 0 unspecified atom stereocenters. The summed E-state index contributed by atoms with van der Waals surface area (Å²) in [5, 5.41) is 15.3. The third-order valence-electron chi connectivity index (χ3n) is 19.3. The highest BCUT2D eigenvalue weighted by Gasteiger charge is 2.23. The minimum absolute atomic E-state index is 0.623. The van der Waals surface area contributed by atoms with Gasteiger partial charge in [-0.2, -0.15) is 0 Å². The van der Waals surface area contributed by atoms with Crippen molar-refractivity contribution in [3.8, 4) is 51.1 Å². The molecule has 0 atom stereocenters. The molecule has 0 aliphatic heterocycles. The summed E-state index contributed by atoms with van der Waals surface area (Å²) in [4.78, 5) is 11.3. The largest absolute Gasteiger partial charge is 0.309 e. The average molecular weight is 1160 g/mol. The fourth-order valence-electron chi connectivity index (χ4n) is 15.3. The first-order valence-corrected chi connectivity index (χ1v) is 31.1. The van der Waals surface area contributed by atoms with Gasteiger partial charge in [0, 0.05) is 92.9 Å². The Balaban J connectivity index is 0.756. The van der Waals surface area contributed by atoms with Crippen LogP contribution in [0.2, 0.25) is 0 Å². The minimum atomic E-state index is 0.623. The van der Waals surface area contributed by atoms with Crippen molar-refractivity contribution in [3.63, 3.8) is 0 Å². The second-order valence-electron chi connectivity index (χ2n) is 24.1. The van der Waals surface area contributed by atoms with Crippen LogP contribution in [0.1, 0.15) is 0 Å². The van der Waals surface area contributed by atoms with E-state index < -0.39 is 0 Å². The third kappa shape index (κ3) is 7.25. The van der Waals surface area contributed by atoms with Gasteiger partial charge in [-0.25, -0.2) is 9.97 Å². The second kappa shape index (κ2) is 19.1. The molecular formula is C84H51N7. The lowest BCUT2D eigenvalue weighted by Crippen LogP contribution is -2.04. The van der Waals surface area contributed by atoms with E-state index in [2.05, 4.69) is 332 Å². The molecule has 6 aromatic heterocycles. The molecule has 7 nitrogen and oxygen atoms in total. The van der Waals surface area contributed by atoms with Crippen LogP contribution in [0.15, 0.2) is 309 Å². The van der Waals surface area contributed by atoms with Gasteiger partial charge in [-0.3, -0.25) is 4.57 Å². The Morgan fingerprint density at radius 1 is 0.187 bits per heavy atom. The Morgan fingerprint density at radius 3 is 1.00 bits per heavy atom. The number of hydrogen-bond donors (Lipinski definition) is 0. The van der Waals surface area contributed by atoms with Crippen LogP contribution in [0.4, 0.5) is 0 Å². The fraction of sp³-hybridized carbons (Fsp3) is 0. The van der Waals surface area contributed by atoms with Crippen molar-refractivity contribution in [2.75, 3.05) is 0 Å². The van der Waals surface area contributed by atoms with Gasteiger partial charge in [0.1, 0.15) is 0 Å². The highest BCUT2D eigenvalue weighted by Crippen LogP contribution is 2.43. The van der Waals surface area contributed by atoms with Crippen molar-refractivity contribution >= 4 is 131 Å². The lowest BCUT2D eigenvalue weighted by Gasteiger charge is -2.14. The average Bonchev–Trinajstić information content (AvgIpc) is 1.71. The topological polar surface area (TPSA) is 50.4 Å². The van der Waals surface area contributed by atoms with Crippen molar-refractivity contribution in [3.05, 3.63) is 309 Å². The van der Waals surface area contributed by atoms with Gasteiger partial charge in [0.15, 0.2) is 0 Å². The second-order valence-corrected chi connectivity index (χ2v) is 24.1. The predicted octanol–water partition coefficient (Wildman–Crippen LogP) is 21.6. The summed E-state index contributed by atoms with van der Waals surface area (Å²) in [6.07, 6.45) is 0. The molecule has 0 radical (unpaired) electrons. The molecule has 20 aromatic rings. The van der Waals surface area contributed by atoms with Crippen LogP contribution >= 0.6 is 0 Å². The molecule has 7 heteroatoms. The van der Waals surface area contributed by atoms with Gasteiger partial charge >= 0.3 is 0 Å². The monoisotopic (exact) mass is 1160 g/mol. The Hall–Kier alpha value is -12.3. The standard InChI is InChI=1S/C84H51N7/c1-2-19-56(20-3-1)87-76-32-16-10-26-65(76)68-48-54(37-44-78(68)87)55-38-45-81-69(49-55)66-27-11-17-33-77(66)91(81)84-85-82(67-43-36-52-18-4-5-21-60(52)83(67)86-84)53-34-39-57(40-35-53)88-79-46-41-58(89-72-28-12-6-22-61(72)62-23-7-13-29-73(62)89)50-70(79)71-51-59(42-47-80(71)88)90-74-30-14-8-24-63(74)64-25-9-15-31-75(64)90/h1-51H. The van der Waals surface area contributed by atoms with E-state index in [1.165, 1.54) is 76.2 Å². The van der Waals surface area contributed by atoms with Crippen LogP contribution in [0.5, 0.6) is 0 Å². The Morgan fingerprint density at radius 2 is 0.516 bits per heavy atom. The number of hydrogen-bond acceptors (Lipinski definition) is 2. The quantitative estimate of drug-likeness (QED) is 0.149. The van der Waals surface area contributed by atoms with Crippen molar-refractivity contribution < 1.29 is 0 Å². The van der Waals surface area contributed by atoms with Crippen molar-refractivity contribution in [1.29, 1.82) is 0 Å². The zero-order valence-electron chi connectivity index (χ0n) is 49.1. The van der Waals surface area contributed by atoms with Gasteiger partial charge in [0.25, 0.3) is 0 Å². The Kier molecular flexibility index (Phi) is 10.4. The molecule has 0 aliphatic rings. The number of benzene rings is 14. The summed E-state index contributed by atoms with van der Waals surface area (Å²) in [6, 6.07) is 113. The summed E-state index contributed by atoms with van der Waals surface area (Å²) in [5.74, 6) is 0.623. The third-order valence-corrected chi connectivity index (χ3v) is 19.3. The molecule has 14 aromatic carbocycles. The summed E-state index contributed by atoms with van der Waals surface area (Å²) >= 11 is 0. The van der Waals surface area contributed by atoms with Crippen LogP contribution in [0, 0.1) is 0 Å². The highest BCUT2D eigenvalue weighted by atomic mass is 15.2. The van der Waals surface area contributed by atoms with Gasteiger partial charge in [-0.05, 0) is 144 Å². The molecule has 0 fully saturated rings. The molecule has 6 heterocycles. The summed E-state index contributed by atoms with van der Waals surface area (Å²) in [6.45, 7) is 0. The van der Waals surface area contributed by atoms with Gasteiger partial charge in [0.2, 0.25) is 5.95 Å². The van der Waals surface area contributed by atoms with Crippen LogP contribution in [-0.4, -0.2) is 32.8 Å². The molecule has 0 amide bonds. The molecule has 422 valence electrons.